The first-order valence-electron chi connectivity index (χ1n) is 9.54. The van der Waals surface area contributed by atoms with E-state index in [1.807, 2.05) is 32.3 Å². The molecule has 0 saturated heterocycles. The minimum absolute atomic E-state index is 0.0508. The van der Waals surface area contributed by atoms with Gasteiger partial charge in [-0.1, -0.05) is 32.9 Å². The Kier molecular flexibility index (Phi) is 7.87. The van der Waals surface area contributed by atoms with Gasteiger partial charge >= 0.3 is 0 Å². The second kappa shape index (κ2) is 10.1. The molecule has 1 heterocycles. The summed E-state index contributed by atoms with van der Waals surface area (Å²) in [7, 11) is 5.81. The molecule has 0 aliphatic rings. The molecule has 2 N–H and O–H groups in total. The van der Waals surface area contributed by atoms with Crippen molar-refractivity contribution in [1.82, 2.24) is 20.5 Å². The summed E-state index contributed by atoms with van der Waals surface area (Å²) in [4.78, 5) is 10.7. The first kappa shape index (κ1) is 21.8. The number of aliphatic imine (C=N–C) groups is 1. The number of likely N-dealkylation sites (N-methyl/N-ethyl adjacent to an activating group) is 1. The Morgan fingerprint density at radius 2 is 1.96 bits per heavy atom. The van der Waals surface area contributed by atoms with E-state index < -0.39 is 0 Å². The van der Waals surface area contributed by atoms with Gasteiger partial charge in [-0.3, -0.25) is 4.99 Å². The van der Waals surface area contributed by atoms with Gasteiger partial charge in [-0.05, 0) is 31.8 Å². The first-order valence-corrected chi connectivity index (χ1v) is 9.54. The summed E-state index contributed by atoms with van der Waals surface area (Å²) in [5.41, 5.74) is 1.07. The van der Waals surface area contributed by atoms with Gasteiger partial charge in [0, 0.05) is 25.6 Å². The van der Waals surface area contributed by atoms with Gasteiger partial charge in [0.15, 0.2) is 5.96 Å². The van der Waals surface area contributed by atoms with Crippen LogP contribution in [0.3, 0.4) is 0 Å². The Balaban J connectivity index is 1.83. The lowest BCUT2D eigenvalue weighted by Crippen LogP contribution is -2.36. The fourth-order valence-corrected chi connectivity index (χ4v) is 2.40. The van der Waals surface area contributed by atoms with Gasteiger partial charge in [0.2, 0.25) is 5.89 Å². The summed E-state index contributed by atoms with van der Waals surface area (Å²) in [5.74, 6) is 3.08. The van der Waals surface area contributed by atoms with Crippen LogP contribution in [-0.4, -0.2) is 50.1 Å². The molecule has 7 nitrogen and oxygen atoms in total. The average Bonchev–Trinajstić information content (AvgIpc) is 3.11. The summed E-state index contributed by atoms with van der Waals surface area (Å²) in [6, 6.07) is 8.07. The number of hydrogen-bond donors (Lipinski definition) is 2. The first-order chi connectivity index (χ1) is 13.3. The van der Waals surface area contributed by atoms with Crippen molar-refractivity contribution in [3.8, 4) is 5.75 Å². The van der Waals surface area contributed by atoms with E-state index in [4.69, 9.17) is 9.15 Å². The van der Waals surface area contributed by atoms with E-state index in [1.165, 1.54) is 0 Å². The van der Waals surface area contributed by atoms with Crippen molar-refractivity contribution < 1.29 is 9.15 Å². The Morgan fingerprint density at radius 3 is 2.61 bits per heavy atom. The highest BCUT2D eigenvalue weighted by molar-refractivity contribution is 5.79. The normalized spacial score (nSPS) is 12.3. The van der Waals surface area contributed by atoms with Crippen molar-refractivity contribution in [3.63, 3.8) is 0 Å². The SMILES string of the molecule is CN=C(NCc1cccc(OCCN(C)C)c1)NCc1ncc(C(C)(C)C)o1. The van der Waals surface area contributed by atoms with Crippen LogP contribution < -0.4 is 15.4 Å². The topological polar surface area (TPSA) is 74.9 Å². The van der Waals surface area contributed by atoms with Crippen molar-refractivity contribution in [2.75, 3.05) is 34.3 Å². The molecule has 0 radical (unpaired) electrons. The number of rotatable bonds is 8. The maximum Gasteiger partial charge on any atom is 0.213 e. The van der Waals surface area contributed by atoms with Crippen LogP contribution in [0.4, 0.5) is 0 Å². The number of nitrogens with zero attached hydrogens (tertiary/aromatic N) is 3. The van der Waals surface area contributed by atoms with Crippen molar-refractivity contribution in [3.05, 3.63) is 47.7 Å². The number of nitrogens with one attached hydrogen (secondary N) is 2. The van der Waals surface area contributed by atoms with E-state index in [9.17, 15) is 0 Å². The quantitative estimate of drug-likeness (QED) is 0.536. The fourth-order valence-electron chi connectivity index (χ4n) is 2.40. The van der Waals surface area contributed by atoms with Crippen LogP contribution in [0.15, 0.2) is 39.9 Å². The van der Waals surface area contributed by atoms with Crippen LogP contribution in [-0.2, 0) is 18.5 Å². The molecule has 0 atom stereocenters. The minimum atomic E-state index is -0.0508. The molecule has 0 amide bonds. The lowest BCUT2D eigenvalue weighted by Gasteiger charge is -2.14. The highest BCUT2D eigenvalue weighted by atomic mass is 16.5. The summed E-state index contributed by atoms with van der Waals surface area (Å²) in [6.07, 6.45) is 1.79. The number of aromatic nitrogens is 1. The second-order valence-corrected chi connectivity index (χ2v) is 7.95. The monoisotopic (exact) mass is 387 g/mol. The molecule has 154 valence electrons. The van der Waals surface area contributed by atoms with Crippen LogP contribution in [0.5, 0.6) is 5.75 Å². The summed E-state index contributed by atoms with van der Waals surface area (Å²) in [6.45, 7) is 8.97. The van der Waals surface area contributed by atoms with E-state index in [0.29, 0.717) is 31.5 Å². The lowest BCUT2D eigenvalue weighted by molar-refractivity contribution is 0.261. The van der Waals surface area contributed by atoms with E-state index >= 15 is 0 Å². The number of hydrogen-bond acceptors (Lipinski definition) is 5. The Bertz CT molecular complexity index is 762. The Labute approximate surface area is 168 Å². The molecule has 2 aromatic rings. The molecule has 0 fully saturated rings. The predicted molar refractivity (Wildman–Crippen MR) is 113 cm³/mol. The molecule has 28 heavy (non-hydrogen) atoms. The molecule has 0 aliphatic heterocycles. The molecule has 0 unspecified atom stereocenters. The van der Waals surface area contributed by atoms with Crippen LogP contribution in [0.25, 0.3) is 0 Å². The third-order valence-electron chi connectivity index (χ3n) is 4.09. The largest absolute Gasteiger partial charge is 0.492 e. The second-order valence-electron chi connectivity index (χ2n) is 7.95. The molecule has 0 bridgehead atoms. The van der Waals surface area contributed by atoms with Gasteiger partial charge in [-0.2, -0.15) is 0 Å². The van der Waals surface area contributed by atoms with Crippen molar-refractivity contribution in [2.45, 2.75) is 39.3 Å². The van der Waals surface area contributed by atoms with E-state index in [2.05, 4.69) is 52.3 Å². The summed E-state index contributed by atoms with van der Waals surface area (Å²) >= 11 is 0. The number of oxazole rings is 1. The smallest absolute Gasteiger partial charge is 0.213 e. The predicted octanol–water partition coefficient (Wildman–Crippen LogP) is 2.78. The van der Waals surface area contributed by atoms with E-state index in [0.717, 1.165) is 23.6 Å². The van der Waals surface area contributed by atoms with E-state index in [1.54, 1.807) is 13.2 Å². The average molecular weight is 388 g/mol. The Morgan fingerprint density at radius 1 is 1.21 bits per heavy atom. The lowest BCUT2D eigenvalue weighted by atomic mass is 9.94. The molecule has 1 aromatic heterocycles. The molecular formula is C21H33N5O2. The number of benzene rings is 1. The summed E-state index contributed by atoms with van der Waals surface area (Å²) in [5, 5.41) is 6.53. The van der Waals surface area contributed by atoms with Gasteiger partial charge in [-0.25, -0.2) is 4.98 Å². The fraction of sp³-hybridized carbons (Fsp3) is 0.524. The maximum absolute atomic E-state index is 5.80. The summed E-state index contributed by atoms with van der Waals surface area (Å²) < 4.78 is 11.6. The minimum Gasteiger partial charge on any atom is -0.492 e. The van der Waals surface area contributed by atoms with Gasteiger partial charge in [0.1, 0.15) is 18.1 Å². The van der Waals surface area contributed by atoms with Gasteiger partial charge in [-0.15, -0.1) is 0 Å². The Hall–Kier alpha value is -2.54. The zero-order valence-electron chi connectivity index (χ0n) is 17.9. The molecular weight excluding hydrogens is 354 g/mol. The van der Waals surface area contributed by atoms with Crippen molar-refractivity contribution in [1.29, 1.82) is 0 Å². The van der Waals surface area contributed by atoms with E-state index in [-0.39, 0.29) is 5.41 Å². The van der Waals surface area contributed by atoms with Gasteiger partial charge < -0.3 is 24.7 Å². The molecule has 0 saturated carbocycles. The maximum atomic E-state index is 5.80. The molecule has 2 rings (SSSR count). The highest BCUT2D eigenvalue weighted by Gasteiger charge is 2.19. The van der Waals surface area contributed by atoms with Gasteiger partial charge in [0.25, 0.3) is 0 Å². The number of ether oxygens (including phenoxy) is 1. The van der Waals surface area contributed by atoms with Crippen molar-refractivity contribution in [2.24, 2.45) is 4.99 Å². The molecule has 7 heteroatoms. The molecule has 0 spiro atoms. The third-order valence-corrected chi connectivity index (χ3v) is 4.09. The van der Waals surface area contributed by atoms with Gasteiger partial charge in [0.05, 0.1) is 12.7 Å². The van der Waals surface area contributed by atoms with Crippen LogP contribution >= 0.6 is 0 Å². The van der Waals surface area contributed by atoms with Crippen molar-refractivity contribution >= 4 is 5.96 Å². The third kappa shape index (κ3) is 7.23. The van der Waals surface area contributed by atoms with Crippen LogP contribution in [0.1, 0.15) is 38.0 Å². The number of guanidine groups is 1. The zero-order chi connectivity index (χ0) is 20.6. The van der Waals surface area contributed by atoms with Crippen LogP contribution in [0, 0.1) is 0 Å². The molecule has 0 aliphatic carbocycles. The molecule has 1 aromatic carbocycles. The van der Waals surface area contributed by atoms with Crippen LogP contribution in [0.2, 0.25) is 0 Å². The zero-order valence-corrected chi connectivity index (χ0v) is 17.9. The highest BCUT2D eigenvalue weighted by Crippen LogP contribution is 2.22. The standard InChI is InChI=1S/C21H33N5O2/c1-21(2,3)18-14-23-19(28-18)15-25-20(22-4)24-13-16-8-7-9-17(12-16)27-11-10-26(5)6/h7-9,12,14H,10-11,13,15H2,1-6H3,(H2,22,24,25).